The number of nitrogens with two attached hydrogens (primary N) is 1. The summed E-state index contributed by atoms with van der Waals surface area (Å²) in [4.78, 5) is 143. The number of allylic oxidation sites excluding steroid dienone is 12. The molecule has 5 rings (SSSR count). The lowest BCUT2D eigenvalue weighted by molar-refractivity contribution is -0.164. The van der Waals surface area contributed by atoms with Gasteiger partial charge in [-0.05, 0) is 87.5 Å². The van der Waals surface area contributed by atoms with E-state index in [0.29, 0.717) is 59.3 Å². The molecule has 1 aliphatic heterocycles. The normalized spacial score (nSPS) is 14.1. The van der Waals surface area contributed by atoms with Crippen LogP contribution in [0.2, 0.25) is 0 Å². The fourth-order valence-corrected chi connectivity index (χ4v) is 10.9. The second-order valence-corrected chi connectivity index (χ2v) is 25.1. The van der Waals surface area contributed by atoms with E-state index >= 15 is 0 Å². The Morgan fingerprint density at radius 2 is 0.953 bits per heavy atom. The molecule has 4 aromatic carbocycles. The Morgan fingerprint density at radius 1 is 0.509 bits per heavy atom. The minimum atomic E-state index is -1.08. The Balaban J connectivity index is 0.000000473. The maximum Gasteiger partial charge on any atom is 0.317 e. The molecule has 22 nitrogen and oxygen atoms in total. The number of unbranched alkanes of at least 4 members (excludes halogenated alkanes) is 8. The Kier molecular flexibility index (Phi) is 45.7. The molecular formula is C84H106N2O20. The lowest BCUT2D eigenvalue weighted by atomic mass is 9.84. The van der Waals surface area contributed by atoms with Gasteiger partial charge < -0.3 is 49.3 Å². The Morgan fingerprint density at radius 3 is 1.42 bits per heavy atom. The number of amides is 1. The number of hydrogen-bond acceptors (Lipinski definition) is 20. The summed E-state index contributed by atoms with van der Waals surface area (Å²) in [7, 11) is 0. The lowest BCUT2D eigenvalue weighted by Crippen LogP contribution is -2.29. The Labute approximate surface area is 623 Å². The van der Waals surface area contributed by atoms with Crippen LogP contribution in [-0.2, 0) is 81.1 Å². The van der Waals surface area contributed by atoms with E-state index in [2.05, 4.69) is 43.5 Å². The molecule has 1 aliphatic rings. The maximum atomic E-state index is 13.3. The molecule has 106 heavy (non-hydrogen) atoms. The number of esters is 8. The summed E-state index contributed by atoms with van der Waals surface area (Å²) in [5.74, 6) is -7.73. The fourth-order valence-electron chi connectivity index (χ4n) is 10.9. The van der Waals surface area contributed by atoms with Gasteiger partial charge in [0.25, 0.3) is 0 Å². The molecule has 6 unspecified atom stereocenters. The number of nitrogens with one attached hydrogen (secondary N) is 1. The summed E-state index contributed by atoms with van der Waals surface area (Å²) in [6.07, 6.45) is 35.1. The van der Waals surface area contributed by atoms with Crippen LogP contribution in [0.1, 0.15) is 202 Å². The standard InChI is InChI=1S/C42H53NO10.C29H42O9.C13H11NO/c1-4-5-6-7-8-10-14-21-33(22-15-11-9-12-18-27-40(47)52-30-35(53-32(3)45)29-51-31(2)44)37(42(49)50)28-39(46)43-38-26-20-19-25-36(38)41(48)34-23-16-13-17-24-34;1-4-5-6-7-8-10-13-16-24(26-19-28(33)38-29(26)34)17-14-11-9-12-15-18-27(32)36-21-25(37-23(3)31)20-35-22(2)30;14-12-9-5-4-8-11(12)13(15)10-6-2-1-3-7-10/h5-6,8,10,13-14,16-17,19-21,23-26,33,35,37H,4,7,9,11-12,15,18,22,27-30H2,1-3H3,(H,43,46)(H,49,50);5-6,8,10,13,16,24-26H,4,7,9,11-12,14-15,17-21H2,1-3H3;1-9H,14H2/b6-5+,10-8+,21-14+;6-5+,10-8+,16-13+;. The number of carbonyl (C=O) groups excluding carboxylic acids is 11. The van der Waals surface area contributed by atoms with Crippen molar-refractivity contribution in [3.8, 4) is 0 Å². The topological polar surface area (TPSA) is 328 Å². The number of cyclic esters (lactones) is 2. The minimum absolute atomic E-state index is 0.0336. The molecule has 4 N–H and O–H groups in total. The first kappa shape index (κ1) is 89.6. The molecule has 0 bridgehead atoms. The first-order chi connectivity index (χ1) is 51.0. The number of carbonyl (C=O) groups is 12. The highest BCUT2D eigenvalue weighted by molar-refractivity contribution is 6.14. The highest BCUT2D eigenvalue weighted by Crippen LogP contribution is 2.31. The van der Waals surface area contributed by atoms with Crippen molar-refractivity contribution >= 4 is 82.6 Å². The van der Waals surface area contributed by atoms with E-state index in [-0.39, 0.29) is 69.6 Å². The van der Waals surface area contributed by atoms with Crippen LogP contribution in [0.4, 0.5) is 11.4 Å². The van der Waals surface area contributed by atoms with Crippen molar-refractivity contribution in [2.45, 2.75) is 182 Å². The predicted molar refractivity (Wildman–Crippen MR) is 403 cm³/mol. The van der Waals surface area contributed by atoms with E-state index in [4.69, 9.17) is 38.9 Å². The quantitative estimate of drug-likeness (QED) is 0.00541. The number of carboxylic acid groups (broad SMARTS) is 1. The molecule has 0 spiro atoms. The number of anilines is 2. The van der Waals surface area contributed by atoms with Crippen LogP contribution in [-0.4, -0.2) is 115 Å². The van der Waals surface area contributed by atoms with Crippen molar-refractivity contribution in [2.75, 3.05) is 37.5 Å². The number of ketones is 2. The van der Waals surface area contributed by atoms with Crippen LogP contribution < -0.4 is 11.1 Å². The molecule has 22 heteroatoms. The molecule has 1 heterocycles. The van der Waals surface area contributed by atoms with Gasteiger partial charge in [-0.2, -0.15) is 0 Å². The first-order valence-corrected chi connectivity index (χ1v) is 36.3. The molecule has 572 valence electrons. The number of aliphatic carboxylic acids is 1. The summed E-state index contributed by atoms with van der Waals surface area (Å²) < 4.78 is 34.8. The van der Waals surface area contributed by atoms with Crippen molar-refractivity contribution in [1.82, 2.24) is 0 Å². The average molecular weight is 1460 g/mol. The average Bonchev–Trinajstić information content (AvgIpc) is 1.06. The van der Waals surface area contributed by atoms with Crippen LogP contribution in [0.15, 0.2) is 182 Å². The summed E-state index contributed by atoms with van der Waals surface area (Å²) in [6, 6.07) is 31.6. The number of para-hydroxylation sites is 2. The number of benzene rings is 4. The van der Waals surface area contributed by atoms with Crippen molar-refractivity contribution in [3.05, 3.63) is 204 Å². The van der Waals surface area contributed by atoms with Gasteiger partial charge in [-0.1, -0.05) is 223 Å². The van der Waals surface area contributed by atoms with Gasteiger partial charge >= 0.3 is 53.7 Å². The molecule has 6 atom stereocenters. The summed E-state index contributed by atoms with van der Waals surface area (Å²) >= 11 is 0. The van der Waals surface area contributed by atoms with Crippen molar-refractivity contribution in [3.63, 3.8) is 0 Å². The monoisotopic (exact) mass is 1460 g/mol. The van der Waals surface area contributed by atoms with E-state index in [1.807, 2.05) is 85.0 Å². The van der Waals surface area contributed by atoms with E-state index in [1.54, 1.807) is 72.8 Å². The number of ether oxygens (including phenoxy) is 7. The van der Waals surface area contributed by atoms with E-state index < -0.39 is 89.6 Å². The van der Waals surface area contributed by atoms with Crippen molar-refractivity contribution in [1.29, 1.82) is 0 Å². The van der Waals surface area contributed by atoms with Gasteiger partial charge in [0.15, 0.2) is 23.8 Å². The number of nitrogen functional groups attached to an aromatic ring is 1. The van der Waals surface area contributed by atoms with E-state index in [0.717, 1.165) is 77.0 Å². The van der Waals surface area contributed by atoms with E-state index in [1.165, 1.54) is 27.7 Å². The zero-order valence-electron chi connectivity index (χ0n) is 62.0. The highest BCUT2D eigenvalue weighted by Gasteiger charge is 2.38. The molecule has 0 radical (unpaired) electrons. The summed E-state index contributed by atoms with van der Waals surface area (Å²) in [5.41, 5.74) is 8.59. The maximum absolute atomic E-state index is 13.3. The zero-order valence-corrected chi connectivity index (χ0v) is 62.0. The van der Waals surface area contributed by atoms with Gasteiger partial charge in [-0.25, -0.2) is 0 Å². The first-order valence-electron chi connectivity index (χ1n) is 36.3. The lowest BCUT2D eigenvalue weighted by Gasteiger charge is -2.21. The molecule has 1 fully saturated rings. The molecular weight excluding hydrogens is 1360 g/mol. The second kappa shape index (κ2) is 54.0. The number of rotatable bonds is 46. The van der Waals surface area contributed by atoms with Crippen LogP contribution in [0.5, 0.6) is 0 Å². The third-order valence-electron chi connectivity index (χ3n) is 16.3. The predicted octanol–water partition coefficient (Wildman–Crippen LogP) is 15.2. The van der Waals surface area contributed by atoms with Crippen molar-refractivity contribution < 1.29 is 95.8 Å². The smallest absolute Gasteiger partial charge is 0.317 e. The van der Waals surface area contributed by atoms with Gasteiger partial charge in [0.1, 0.15) is 26.4 Å². The van der Waals surface area contributed by atoms with Gasteiger partial charge in [0.2, 0.25) is 5.91 Å². The van der Waals surface area contributed by atoms with Crippen LogP contribution in [0.25, 0.3) is 0 Å². The Bertz CT molecular complexity index is 3590. The van der Waals surface area contributed by atoms with Gasteiger partial charge in [-0.3, -0.25) is 57.5 Å². The second-order valence-electron chi connectivity index (χ2n) is 25.1. The zero-order chi connectivity index (χ0) is 77.7. The number of carboxylic acids is 1. The molecule has 1 amide bonds. The number of hydrogen-bond donors (Lipinski definition) is 3. The minimum Gasteiger partial charge on any atom is -0.481 e. The van der Waals surface area contributed by atoms with Crippen LogP contribution in [0.3, 0.4) is 0 Å². The third-order valence-corrected chi connectivity index (χ3v) is 16.3. The summed E-state index contributed by atoms with van der Waals surface area (Å²) in [5, 5.41) is 13.0. The van der Waals surface area contributed by atoms with E-state index in [9.17, 15) is 62.6 Å². The van der Waals surface area contributed by atoms with Gasteiger partial charge in [0, 0.05) is 74.9 Å². The van der Waals surface area contributed by atoms with Gasteiger partial charge in [-0.15, -0.1) is 0 Å². The Hall–Kier alpha value is -10.6. The SMILES string of the molecule is CC/C=C/C/C=C/C=C/C(CCCCCCCC(=O)OCC(COC(C)=O)OC(C)=O)C(CC(=O)Nc1ccccc1C(=O)c1ccccc1)C(=O)O.CC/C=C/C/C=C/C=C/C(CCCCCCCC(=O)OCC(COC(C)=O)OC(C)=O)C1CC(=O)OC1=O.Nc1ccccc1C(=O)c1ccccc1. The molecule has 0 saturated carbocycles. The largest absolute Gasteiger partial charge is 0.481 e. The fraction of sp³-hybridized carbons (Fsp3) is 0.429. The molecule has 4 aromatic rings. The van der Waals surface area contributed by atoms with Crippen molar-refractivity contribution in [2.24, 2.45) is 23.7 Å². The van der Waals surface area contributed by atoms with Crippen LogP contribution in [0, 0.1) is 23.7 Å². The highest BCUT2D eigenvalue weighted by atomic mass is 16.6. The molecule has 0 aromatic heterocycles. The van der Waals surface area contributed by atoms with Crippen LogP contribution >= 0.6 is 0 Å². The summed E-state index contributed by atoms with van der Waals surface area (Å²) in [6.45, 7) is 8.28. The third kappa shape index (κ3) is 39.9. The van der Waals surface area contributed by atoms with Gasteiger partial charge in [0.05, 0.1) is 23.9 Å². The molecule has 0 aliphatic carbocycles. The molecule has 1 saturated heterocycles.